The second-order valence-corrected chi connectivity index (χ2v) is 2.79. The predicted octanol–water partition coefficient (Wildman–Crippen LogP) is 2.05. The quantitative estimate of drug-likeness (QED) is 0.777. The van der Waals surface area contributed by atoms with Gasteiger partial charge < -0.3 is 10.2 Å². The number of rotatable bonds is 3. The van der Waals surface area contributed by atoms with Crippen molar-refractivity contribution in [3.05, 3.63) is 35.9 Å². The number of carboxylic acids is 1. The van der Waals surface area contributed by atoms with Gasteiger partial charge in [-0.1, -0.05) is 37.3 Å². The van der Waals surface area contributed by atoms with E-state index in [1.165, 1.54) is 0 Å². The van der Waals surface area contributed by atoms with Crippen molar-refractivity contribution in [1.29, 1.82) is 0 Å². The SMILES string of the molecule is CCCC(=O)O.OCc1ccccc1. The Bertz CT molecular complexity index is 244. The van der Waals surface area contributed by atoms with Crippen molar-refractivity contribution in [3.8, 4) is 0 Å². The van der Waals surface area contributed by atoms with Crippen LogP contribution in [0.5, 0.6) is 0 Å². The fraction of sp³-hybridized carbons (Fsp3) is 0.364. The summed E-state index contributed by atoms with van der Waals surface area (Å²) in [5, 5.41) is 16.5. The summed E-state index contributed by atoms with van der Waals surface area (Å²) < 4.78 is 0. The third kappa shape index (κ3) is 7.31. The molecular weight excluding hydrogens is 180 g/mol. The third-order valence-electron chi connectivity index (χ3n) is 1.49. The predicted molar refractivity (Wildman–Crippen MR) is 54.9 cm³/mol. The van der Waals surface area contributed by atoms with E-state index in [0.717, 1.165) is 12.0 Å². The first-order valence-corrected chi connectivity index (χ1v) is 4.57. The van der Waals surface area contributed by atoms with Crippen molar-refractivity contribution in [2.75, 3.05) is 0 Å². The van der Waals surface area contributed by atoms with Gasteiger partial charge in [-0.25, -0.2) is 0 Å². The molecule has 0 saturated carbocycles. The van der Waals surface area contributed by atoms with E-state index < -0.39 is 5.97 Å². The highest BCUT2D eigenvalue weighted by atomic mass is 16.4. The van der Waals surface area contributed by atoms with Crippen LogP contribution >= 0.6 is 0 Å². The summed E-state index contributed by atoms with van der Waals surface area (Å²) >= 11 is 0. The molecule has 0 aromatic heterocycles. The summed E-state index contributed by atoms with van der Waals surface area (Å²) in [6, 6.07) is 9.52. The van der Waals surface area contributed by atoms with Gasteiger partial charge in [-0.2, -0.15) is 0 Å². The summed E-state index contributed by atoms with van der Waals surface area (Å²) in [5.41, 5.74) is 0.965. The Hall–Kier alpha value is -1.35. The van der Waals surface area contributed by atoms with E-state index in [1.807, 2.05) is 37.3 Å². The van der Waals surface area contributed by atoms with Crippen LogP contribution in [-0.4, -0.2) is 16.2 Å². The minimum absolute atomic E-state index is 0.140. The van der Waals surface area contributed by atoms with Gasteiger partial charge >= 0.3 is 5.97 Å². The summed E-state index contributed by atoms with van der Waals surface area (Å²) in [6.07, 6.45) is 1.02. The highest BCUT2D eigenvalue weighted by Gasteiger charge is 1.87. The lowest BCUT2D eigenvalue weighted by Gasteiger charge is -1.89. The third-order valence-corrected chi connectivity index (χ3v) is 1.49. The highest BCUT2D eigenvalue weighted by molar-refractivity contribution is 5.66. The summed E-state index contributed by atoms with van der Waals surface area (Å²) in [5.74, 6) is -0.711. The van der Waals surface area contributed by atoms with Gasteiger partial charge in [-0.3, -0.25) is 4.79 Å². The van der Waals surface area contributed by atoms with Crippen molar-refractivity contribution in [1.82, 2.24) is 0 Å². The lowest BCUT2D eigenvalue weighted by molar-refractivity contribution is -0.137. The molecule has 0 saturated heterocycles. The van der Waals surface area contributed by atoms with E-state index in [0.29, 0.717) is 6.42 Å². The maximum Gasteiger partial charge on any atom is 0.303 e. The van der Waals surface area contributed by atoms with Crippen molar-refractivity contribution < 1.29 is 15.0 Å². The molecule has 1 rings (SSSR count). The normalized spacial score (nSPS) is 8.71. The van der Waals surface area contributed by atoms with Gasteiger partial charge in [0, 0.05) is 6.42 Å². The van der Waals surface area contributed by atoms with E-state index >= 15 is 0 Å². The second-order valence-electron chi connectivity index (χ2n) is 2.79. The van der Waals surface area contributed by atoms with Crippen molar-refractivity contribution in [3.63, 3.8) is 0 Å². The van der Waals surface area contributed by atoms with Crippen molar-refractivity contribution >= 4 is 5.97 Å². The number of hydrogen-bond donors (Lipinski definition) is 2. The number of carboxylic acid groups (broad SMARTS) is 1. The number of benzene rings is 1. The molecule has 0 aliphatic carbocycles. The molecule has 2 N–H and O–H groups in total. The molecule has 0 atom stereocenters. The molecule has 0 amide bonds. The smallest absolute Gasteiger partial charge is 0.303 e. The maximum atomic E-state index is 9.60. The first kappa shape index (κ1) is 12.7. The van der Waals surface area contributed by atoms with Gasteiger partial charge in [0.15, 0.2) is 0 Å². The Morgan fingerprint density at radius 2 is 1.86 bits per heavy atom. The van der Waals surface area contributed by atoms with Crippen LogP contribution in [0.1, 0.15) is 25.3 Å². The molecule has 14 heavy (non-hydrogen) atoms. The van der Waals surface area contributed by atoms with E-state index in [2.05, 4.69) is 0 Å². The Kier molecular flexibility index (Phi) is 7.46. The highest BCUT2D eigenvalue weighted by Crippen LogP contribution is 1.95. The zero-order chi connectivity index (χ0) is 10.8. The molecule has 0 unspecified atom stereocenters. The standard InChI is InChI=1S/C7H8O.C4H8O2/c8-6-7-4-2-1-3-5-7;1-2-3-4(5)6/h1-5,8H,6H2;2-3H2,1H3,(H,5,6). The molecule has 78 valence electrons. The van der Waals surface area contributed by atoms with Gasteiger partial charge in [-0.05, 0) is 12.0 Å². The Labute approximate surface area is 84.0 Å². The average molecular weight is 196 g/mol. The van der Waals surface area contributed by atoms with Crippen LogP contribution in [0.15, 0.2) is 30.3 Å². The fourth-order valence-corrected chi connectivity index (χ4v) is 0.797. The van der Waals surface area contributed by atoms with Crippen molar-refractivity contribution in [2.24, 2.45) is 0 Å². The first-order chi connectivity index (χ1) is 6.70. The molecule has 0 aliphatic heterocycles. The first-order valence-electron chi connectivity index (χ1n) is 4.57. The minimum atomic E-state index is -0.711. The lowest BCUT2D eigenvalue weighted by Crippen LogP contribution is -1.90. The maximum absolute atomic E-state index is 9.60. The van der Waals surface area contributed by atoms with Crippen molar-refractivity contribution in [2.45, 2.75) is 26.4 Å². The van der Waals surface area contributed by atoms with Crippen LogP contribution in [-0.2, 0) is 11.4 Å². The van der Waals surface area contributed by atoms with Gasteiger partial charge in [0.1, 0.15) is 0 Å². The van der Waals surface area contributed by atoms with E-state index in [9.17, 15) is 4.79 Å². The number of aliphatic carboxylic acids is 1. The molecule has 3 nitrogen and oxygen atoms in total. The number of hydrogen-bond acceptors (Lipinski definition) is 2. The van der Waals surface area contributed by atoms with Gasteiger partial charge in [0.2, 0.25) is 0 Å². The van der Waals surface area contributed by atoms with Gasteiger partial charge in [0.25, 0.3) is 0 Å². The topological polar surface area (TPSA) is 57.5 Å². The number of aliphatic hydroxyl groups excluding tert-OH is 1. The molecule has 1 aromatic carbocycles. The lowest BCUT2D eigenvalue weighted by atomic mass is 10.2. The second kappa shape index (κ2) is 8.26. The summed E-state index contributed by atoms with van der Waals surface area (Å²) in [6.45, 7) is 1.98. The van der Waals surface area contributed by atoms with E-state index in [-0.39, 0.29) is 6.61 Å². The van der Waals surface area contributed by atoms with Gasteiger partial charge in [0.05, 0.1) is 6.61 Å². The fourth-order valence-electron chi connectivity index (χ4n) is 0.797. The Morgan fingerprint density at radius 3 is 2.07 bits per heavy atom. The molecule has 0 radical (unpaired) electrons. The Balaban J connectivity index is 0.000000255. The van der Waals surface area contributed by atoms with E-state index in [4.69, 9.17) is 10.2 Å². The average Bonchev–Trinajstić information content (AvgIpc) is 2.20. The zero-order valence-corrected chi connectivity index (χ0v) is 8.31. The molecular formula is C11H16O3. The molecule has 1 aromatic rings. The van der Waals surface area contributed by atoms with Crippen LogP contribution < -0.4 is 0 Å². The van der Waals surface area contributed by atoms with Crippen LogP contribution in [0, 0.1) is 0 Å². The van der Waals surface area contributed by atoms with Crippen LogP contribution in [0.3, 0.4) is 0 Å². The number of carbonyl (C=O) groups is 1. The van der Waals surface area contributed by atoms with Crippen LogP contribution in [0.25, 0.3) is 0 Å². The van der Waals surface area contributed by atoms with E-state index in [1.54, 1.807) is 0 Å². The minimum Gasteiger partial charge on any atom is -0.481 e. The zero-order valence-electron chi connectivity index (χ0n) is 8.31. The molecule has 3 heteroatoms. The largest absolute Gasteiger partial charge is 0.481 e. The van der Waals surface area contributed by atoms with Crippen LogP contribution in [0.4, 0.5) is 0 Å². The molecule has 0 bridgehead atoms. The summed E-state index contributed by atoms with van der Waals surface area (Å²) in [7, 11) is 0. The number of aliphatic hydroxyl groups is 1. The summed E-state index contributed by atoms with van der Waals surface area (Å²) in [4.78, 5) is 9.60. The molecule has 0 fully saturated rings. The Morgan fingerprint density at radius 1 is 1.29 bits per heavy atom. The molecule has 0 heterocycles. The molecule has 0 spiro atoms. The monoisotopic (exact) mass is 196 g/mol. The molecule has 0 aliphatic rings. The van der Waals surface area contributed by atoms with Crippen LogP contribution in [0.2, 0.25) is 0 Å². The van der Waals surface area contributed by atoms with Gasteiger partial charge in [-0.15, -0.1) is 0 Å².